The van der Waals surface area contributed by atoms with Gasteiger partial charge in [0.2, 0.25) is 0 Å². The van der Waals surface area contributed by atoms with Crippen LogP contribution < -0.4 is 9.04 Å². The van der Waals surface area contributed by atoms with E-state index in [0.29, 0.717) is 24.5 Å². The summed E-state index contributed by atoms with van der Waals surface area (Å²) in [7, 11) is -4.41. The second-order valence-corrected chi connectivity index (χ2v) is 9.91. The van der Waals surface area contributed by atoms with E-state index in [1.54, 1.807) is 0 Å². The molecule has 36 heavy (non-hydrogen) atoms. The van der Waals surface area contributed by atoms with Crippen LogP contribution in [0.1, 0.15) is 28.7 Å². The first-order chi connectivity index (χ1) is 16.8. The maximum atomic E-state index is 14.1. The first-order valence-electron chi connectivity index (χ1n) is 10.6. The number of hydrogen-bond donors (Lipinski definition) is 0. The minimum Gasteiger partial charge on any atom is -0.489 e. The topological polar surface area (TPSA) is 46.6 Å². The van der Waals surface area contributed by atoms with Crippen LogP contribution in [0.5, 0.6) is 5.75 Å². The Bertz CT molecular complexity index is 1390. The summed E-state index contributed by atoms with van der Waals surface area (Å²) >= 11 is 0. The number of halogens is 7. The molecular formula is C24H18F7NO3S. The van der Waals surface area contributed by atoms with Crippen LogP contribution in [0.3, 0.4) is 0 Å². The average Bonchev–Trinajstić information content (AvgIpc) is 2.81. The van der Waals surface area contributed by atoms with Gasteiger partial charge in [0, 0.05) is 18.2 Å². The average molecular weight is 533 g/mol. The summed E-state index contributed by atoms with van der Waals surface area (Å²) in [5.41, 5.74) is -2.35. The molecule has 0 atom stereocenters. The lowest BCUT2D eigenvalue weighted by Crippen LogP contribution is -2.35. The minimum atomic E-state index is -4.81. The number of aryl methyl sites for hydroxylation is 1. The second-order valence-electron chi connectivity index (χ2n) is 8.05. The molecule has 0 unspecified atom stereocenters. The summed E-state index contributed by atoms with van der Waals surface area (Å²) in [6.45, 7) is -0.804. The van der Waals surface area contributed by atoms with E-state index in [4.69, 9.17) is 4.74 Å². The van der Waals surface area contributed by atoms with Gasteiger partial charge in [-0.15, -0.1) is 0 Å². The zero-order valence-corrected chi connectivity index (χ0v) is 19.1. The van der Waals surface area contributed by atoms with Crippen molar-refractivity contribution >= 4 is 15.7 Å². The molecule has 0 radical (unpaired) electrons. The van der Waals surface area contributed by atoms with E-state index in [0.717, 1.165) is 40.7 Å². The van der Waals surface area contributed by atoms with Gasteiger partial charge in [0.25, 0.3) is 10.0 Å². The maximum Gasteiger partial charge on any atom is 0.416 e. The van der Waals surface area contributed by atoms with E-state index >= 15 is 0 Å². The third kappa shape index (κ3) is 5.13. The highest BCUT2D eigenvalue weighted by molar-refractivity contribution is 7.92. The molecule has 1 heterocycles. The summed E-state index contributed by atoms with van der Waals surface area (Å²) < 4.78 is 126. The fraction of sp³-hybridized carbons (Fsp3) is 0.250. The normalized spacial score (nSPS) is 14.5. The molecule has 0 saturated heterocycles. The third-order valence-corrected chi connectivity index (χ3v) is 7.50. The van der Waals surface area contributed by atoms with Gasteiger partial charge in [-0.2, -0.15) is 26.3 Å². The van der Waals surface area contributed by atoms with Crippen molar-refractivity contribution in [2.45, 2.75) is 36.7 Å². The number of ether oxygens (including phenoxy) is 1. The van der Waals surface area contributed by atoms with Gasteiger partial charge in [-0.1, -0.05) is 18.2 Å². The van der Waals surface area contributed by atoms with E-state index in [2.05, 4.69) is 0 Å². The van der Waals surface area contributed by atoms with Gasteiger partial charge in [-0.3, -0.25) is 4.31 Å². The molecule has 4 nitrogen and oxygen atoms in total. The number of hydrogen-bond acceptors (Lipinski definition) is 3. The number of benzene rings is 3. The van der Waals surface area contributed by atoms with Gasteiger partial charge in [0.1, 0.15) is 18.2 Å². The molecular weight excluding hydrogens is 515 g/mol. The summed E-state index contributed by atoms with van der Waals surface area (Å²) in [6, 6.07) is 10.1. The summed E-state index contributed by atoms with van der Waals surface area (Å²) in [4.78, 5) is -0.558. The molecule has 0 aliphatic carbocycles. The third-order valence-electron chi connectivity index (χ3n) is 5.69. The molecule has 0 fully saturated rings. The van der Waals surface area contributed by atoms with E-state index in [1.807, 2.05) is 0 Å². The zero-order valence-electron chi connectivity index (χ0n) is 18.3. The van der Waals surface area contributed by atoms with Crippen molar-refractivity contribution in [3.05, 3.63) is 88.7 Å². The Kier molecular flexibility index (Phi) is 6.67. The second kappa shape index (κ2) is 9.30. The lowest BCUT2D eigenvalue weighted by molar-refractivity contribution is -0.139. The van der Waals surface area contributed by atoms with Crippen molar-refractivity contribution in [2.75, 3.05) is 10.8 Å². The smallest absolute Gasteiger partial charge is 0.416 e. The molecule has 1 aliphatic heterocycles. The van der Waals surface area contributed by atoms with E-state index in [9.17, 15) is 39.2 Å². The van der Waals surface area contributed by atoms with Gasteiger partial charge in [-0.05, 0) is 54.8 Å². The van der Waals surface area contributed by atoms with Crippen LogP contribution in [0.2, 0.25) is 0 Å². The molecule has 0 aromatic heterocycles. The minimum absolute atomic E-state index is 0.0272. The monoisotopic (exact) mass is 533 g/mol. The van der Waals surface area contributed by atoms with Crippen LogP contribution in [0, 0.1) is 5.82 Å². The van der Waals surface area contributed by atoms with Gasteiger partial charge < -0.3 is 4.74 Å². The van der Waals surface area contributed by atoms with Gasteiger partial charge in [0.15, 0.2) is 0 Å². The van der Waals surface area contributed by atoms with Crippen LogP contribution in [0.25, 0.3) is 0 Å². The lowest BCUT2D eigenvalue weighted by atomic mass is 10.0. The van der Waals surface area contributed by atoms with E-state index < -0.39 is 56.4 Å². The van der Waals surface area contributed by atoms with Crippen LogP contribution in [-0.2, 0) is 35.4 Å². The predicted molar refractivity (Wildman–Crippen MR) is 116 cm³/mol. The molecule has 4 rings (SSSR count). The molecule has 0 spiro atoms. The Morgan fingerprint density at radius 1 is 0.889 bits per heavy atom. The molecule has 0 saturated carbocycles. The Balaban J connectivity index is 1.66. The molecule has 12 heteroatoms. The molecule has 0 amide bonds. The predicted octanol–water partition coefficient (Wildman–Crippen LogP) is 6.58. The maximum absolute atomic E-state index is 14.1. The number of fused-ring (bicyclic) bond motifs is 1. The highest BCUT2D eigenvalue weighted by atomic mass is 32.2. The summed E-state index contributed by atoms with van der Waals surface area (Å²) in [5, 5.41) is 0. The molecule has 1 aliphatic rings. The van der Waals surface area contributed by atoms with Crippen molar-refractivity contribution in [1.29, 1.82) is 0 Å². The standard InChI is InChI=1S/C24H18F7NO3S/c25-21-8-2-7-20(24(29,30)31)19(21)14-35-17-10-9-15-4-3-11-32(22(15)13-17)36(33,34)18-6-1-5-16(12-18)23(26,27)28/h1-2,5-10,12-13H,3-4,11,14H2. The van der Waals surface area contributed by atoms with Crippen molar-refractivity contribution in [1.82, 2.24) is 0 Å². The molecule has 3 aromatic rings. The van der Waals surface area contributed by atoms with Gasteiger partial charge >= 0.3 is 12.4 Å². The quantitative estimate of drug-likeness (QED) is 0.348. The first kappa shape index (κ1) is 25.8. The van der Waals surface area contributed by atoms with Crippen molar-refractivity contribution in [2.24, 2.45) is 0 Å². The van der Waals surface area contributed by atoms with Crippen molar-refractivity contribution in [3.63, 3.8) is 0 Å². The molecule has 0 N–H and O–H groups in total. The highest BCUT2D eigenvalue weighted by Crippen LogP contribution is 2.38. The largest absolute Gasteiger partial charge is 0.489 e. The Morgan fingerprint density at radius 2 is 1.61 bits per heavy atom. The van der Waals surface area contributed by atoms with Crippen LogP contribution in [0.4, 0.5) is 36.4 Å². The van der Waals surface area contributed by atoms with Crippen molar-refractivity contribution in [3.8, 4) is 5.75 Å². The Morgan fingerprint density at radius 3 is 2.31 bits per heavy atom. The van der Waals surface area contributed by atoms with E-state index in [1.165, 1.54) is 18.2 Å². The molecule has 0 bridgehead atoms. The molecule has 192 valence electrons. The number of sulfonamides is 1. The lowest BCUT2D eigenvalue weighted by Gasteiger charge is -2.31. The highest BCUT2D eigenvalue weighted by Gasteiger charge is 2.36. The van der Waals surface area contributed by atoms with Gasteiger partial charge in [-0.25, -0.2) is 12.8 Å². The number of rotatable bonds is 5. The SMILES string of the molecule is O=S(=O)(c1cccc(C(F)(F)F)c1)N1CCCc2ccc(OCc3c(F)cccc3C(F)(F)F)cc21. The van der Waals surface area contributed by atoms with Crippen molar-refractivity contribution < 1.29 is 43.9 Å². The Hall–Kier alpha value is -3.28. The number of nitrogens with zero attached hydrogens (tertiary/aromatic N) is 1. The Labute approximate surface area is 202 Å². The fourth-order valence-corrected chi connectivity index (χ4v) is 5.53. The zero-order chi connectivity index (χ0) is 26.3. The summed E-state index contributed by atoms with van der Waals surface area (Å²) in [5.74, 6) is -1.15. The van der Waals surface area contributed by atoms with E-state index in [-0.39, 0.29) is 18.0 Å². The fourth-order valence-electron chi connectivity index (χ4n) is 3.95. The van der Waals surface area contributed by atoms with Crippen LogP contribution in [-0.4, -0.2) is 15.0 Å². The number of alkyl halides is 6. The number of anilines is 1. The van der Waals surface area contributed by atoms with Crippen LogP contribution >= 0.6 is 0 Å². The first-order valence-corrected chi connectivity index (χ1v) is 12.0. The van der Waals surface area contributed by atoms with Crippen LogP contribution in [0.15, 0.2) is 65.6 Å². The summed E-state index contributed by atoms with van der Waals surface area (Å²) in [6.07, 6.45) is -8.69. The van der Waals surface area contributed by atoms with Gasteiger partial charge in [0.05, 0.1) is 21.7 Å². The molecule has 3 aromatic carbocycles.